The van der Waals surface area contributed by atoms with Crippen LogP contribution in [0.1, 0.15) is 27.0 Å². The van der Waals surface area contributed by atoms with E-state index >= 15 is 0 Å². The third kappa shape index (κ3) is 2.50. The zero-order valence-corrected chi connectivity index (χ0v) is 12.2. The van der Waals surface area contributed by atoms with Crippen LogP contribution >= 0.6 is 0 Å². The topological polar surface area (TPSA) is 70.7 Å². The lowest BCUT2D eigenvalue weighted by molar-refractivity contribution is 0.102. The summed E-state index contributed by atoms with van der Waals surface area (Å²) in [6.07, 6.45) is 0. The quantitative estimate of drug-likeness (QED) is 0.757. The van der Waals surface area contributed by atoms with Crippen molar-refractivity contribution in [3.63, 3.8) is 0 Å². The van der Waals surface area contributed by atoms with Gasteiger partial charge in [-0.3, -0.25) is 4.79 Å². The van der Waals surface area contributed by atoms with Gasteiger partial charge in [0.1, 0.15) is 11.0 Å². The van der Waals surface area contributed by atoms with Crippen molar-refractivity contribution in [3.05, 3.63) is 52.6 Å². The number of aromatic amines is 1. The second kappa shape index (κ2) is 5.01. The van der Waals surface area contributed by atoms with Crippen molar-refractivity contribution < 1.29 is 4.79 Å². The van der Waals surface area contributed by atoms with Crippen molar-refractivity contribution in [3.8, 4) is 0 Å². The highest BCUT2D eigenvalue weighted by molar-refractivity contribution is 6.06. The van der Waals surface area contributed by atoms with Crippen LogP contribution in [-0.2, 0) is 0 Å². The van der Waals surface area contributed by atoms with E-state index in [1.165, 1.54) is 5.56 Å². The minimum Gasteiger partial charge on any atom is -0.322 e. The minimum atomic E-state index is -0.144. The predicted molar refractivity (Wildman–Crippen MR) is 82.5 cm³/mol. The molecule has 1 amide bonds. The van der Waals surface area contributed by atoms with Crippen LogP contribution in [0.3, 0.4) is 0 Å². The van der Waals surface area contributed by atoms with Gasteiger partial charge in [0, 0.05) is 11.3 Å². The summed E-state index contributed by atoms with van der Waals surface area (Å²) in [6.45, 7) is 6.04. The number of amides is 1. The Morgan fingerprint density at radius 3 is 2.38 bits per heavy atom. The van der Waals surface area contributed by atoms with Crippen molar-refractivity contribution in [2.24, 2.45) is 0 Å². The van der Waals surface area contributed by atoms with Gasteiger partial charge in [-0.2, -0.15) is 15.4 Å². The molecule has 2 aromatic carbocycles. The maximum absolute atomic E-state index is 12.4. The molecule has 0 saturated carbocycles. The van der Waals surface area contributed by atoms with Gasteiger partial charge in [0.15, 0.2) is 0 Å². The molecule has 1 heterocycles. The molecule has 0 radical (unpaired) electrons. The number of hydrogen-bond donors (Lipinski definition) is 2. The lowest BCUT2D eigenvalue weighted by Gasteiger charge is -2.12. The highest BCUT2D eigenvalue weighted by atomic mass is 16.1. The van der Waals surface area contributed by atoms with Crippen molar-refractivity contribution in [2.45, 2.75) is 20.8 Å². The fourth-order valence-electron chi connectivity index (χ4n) is 2.54. The van der Waals surface area contributed by atoms with E-state index in [-0.39, 0.29) is 5.91 Å². The SMILES string of the molecule is Cc1cc(C)c(NC(=O)c2ccc3n[nH]nc3c2)c(C)c1. The van der Waals surface area contributed by atoms with Crippen molar-refractivity contribution in [1.29, 1.82) is 0 Å². The van der Waals surface area contributed by atoms with Crippen LogP contribution in [0.5, 0.6) is 0 Å². The van der Waals surface area contributed by atoms with Crippen LogP contribution in [0.15, 0.2) is 30.3 Å². The summed E-state index contributed by atoms with van der Waals surface area (Å²) in [5.74, 6) is -0.144. The Bertz CT molecular complexity index is 812. The number of nitrogens with zero attached hydrogens (tertiary/aromatic N) is 2. The molecule has 2 N–H and O–H groups in total. The Hall–Kier alpha value is -2.69. The maximum Gasteiger partial charge on any atom is 0.255 e. The Labute approximate surface area is 122 Å². The molecule has 1 aromatic heterocycles. The normalized spacial score (nSPS) is 10.8. The van der Waals surface area contributed by atoms with Gasteiger partial charge < -0.3 is 5.32 Å². The van der Waals surface area contributed by atoms with Gasteiger partial charge in [-0.05, 0) is 50.1 Å². The fraction of sp³-hybridized carbons (Fsp3) is 0.188. The minimum absolute atomic E-state index is 0.144. The van der Waals surface area contributed by atoms with Crippen molar-refractivity contribution in [1.82, 2.24) is 15.4 Å². The monoisotopic (exact) mass is 280 g/mol. The second-order valence-electron chi connectivity index (χ2n) is 5.25. The number of aromatic nitrogens is 3. The van der Waals surface area contributed by atoms with E-state index in [4.69, 9.17) is 0 Å². The number of hydrogen-bond acceptors (Lipinski definition) is 3. The third-order valence-corrected chi connectivity index (χ3v) is 3.49. The van der Waals surface area contributed by atoms with Gasteiger partial charge in [0.2, 0.25) is 0 Å². The van der Waals surface area contributed by atoms with Gasteiger partial charge in [0.25, 0.3) is 5.91 Å². The first kappa shape index (κ1) is 13.3. The Kier molecular flexibility index (Phi) is 3.17. The molecule has 0 spiro atoms. The van der Waals surface area contributed by atoms with Crippen LogP contribution in [0.4, 0.5) is 5.69 Å². The van der Waals surface area contributed by atoms with E-state index in [1.54, 1.807) is 18.2 Å². The molecule has 0 aliphatic heterocycles. The molecule has 0 aliphatic carbocycles. The second-order valence-corrected chi connectivity index (χ2v) is 5.25. The highest BCUT2D eigenvalue weighted by Gasteiger charge is 2.11. The summed E-state index contributed by atoms with van der Waals surface area (Å²) in [5.41, 5.74) is 6.16. The number of fused-ring (bicyclic) bond motifs is 1. The maximum atomic E-state index is 12.4. The van der Waals surface area contributed by atoms with Crippen LogP contribution in [-0.4, -0.2) is 21.3 Å². The van der Waals surface area contributed by atoms with Gasteiger partial charge in [-0.25, -0.2) is 0 Å². The number of carbonyl (C=O) groups excluding carboxylic acids is 1. The van der Waals surface area contributed by atoms with Gasteiger partial charge in [-0.1, -0.05) is 17.7 Å². The van der Waals surface area contributed by atoms with Gasteiger partial charge in [-0.15, -0.1) is 0 Å². The molecule has 0 bridgehead atoms. The molecule has 21 heavy (non-hydrogen) atoms. The average molecular weight is 280 g/mol. The molecule has 0 fully saturated rings. The van der Waals surface area contributed by atoms with E-state index in [9.17, 15) is 4.79 Å². The summed E-state index contributed by atoms with van der Waals surface area (Å²) in [4.78, 5) is 12.4. The summed E-state index contributed by atoms with van der Waals surface area (Å²) < 4.78 is 0. The number of aryl methyl sites for hydroxylation is 3. The molecule has 3 aromatic rings. The first-order valence-corrected chi connectivity index (χ1v) is 6.74. The third-order valence-electron chi connectivity index (χ3n) is 3.49. The van der Waals surface area contributed by atoms with Gasteiger partial charge in [0.05, 0.1) is 0 Å². The van der Waals surface area contributed by atoms with E-state index in [1.807, 2.05) is 20.8 Å². The molecule has 106 valence electrons. The lowest BCUT2D eigenvalue weighted by atomic mass is 10.0. The smallest absolute Gasteiger partial charge is 0.255 e. The van der Waals surface area contributed by atoms with E-state index in [0.717, 1.165) is 22.3 Å². The van der Waals surface area contributed by atoms with Crippen molar-refractivity contribution >= 4 is 22.6 Å². The number of rotatable bonds is 2. The van der Waals surface area contributed by atoms with Crippen LogP contribution in [0.25, 0.3) is 11.0 Å². The molecule has 0 atom stereocenters. The van der Waals surface area contributed by atoms with Gasteiger partial charge >= 0.3 is 0 Å². The molecule has 0 saturated heterocycles. The zero-order chi connectivity index (χ0) is 15.0. The zero-order valence-electron chi connectivity index (χ0n) is 12.2. The molecule has 0 aliphatic rings. The largest absolute Gasteiger partial charge is 0.322 e. The Morgan fingerprint density at radius 2 is 1.67 bits per heavy atom. The number of benzene rings is 2. The number of H-pyrrole nitrogens is 1. The summed E-state index contributed by atoms with van der Waals surface area (Å²) >= 11 is 0. The fourth-order valence-corrected chi connectivity index (χ4v) is 2.54. The molecule has 5 heteroatoms. The standard InChI is InChI=1S/C16H16N4O/c1-9-6-10(2)15(11(3)7-9)17-16(21)12-4-5-13-14(8-12)19-20-18-13/h4-8H,1-3H3,(H,17,21)(H,18,19,20). The summed E-state index contributed by atoms with van der Waals surface area (Å²) in [7, 11) is 0. The molecule has 5 nitrogen and oxygen atoms in total. The summed E-state index contributed by atoms with van der Waals surface area (Å²) in [5, 5.41) is 13.5. The Morgan fingerprint density at radius 1 is 1.00 bits per heavy atom. The molecular formula is C16H16N4O. The first-order chi connectivity index (χ1) is 10.0. The van der Waals surface area contributed by atoms with Crippen LogP contribution < -0.4 is 5.32 Å². The predicted octanol–water partition coefficient (Wildman–Crippen LogP) is 3.14. The Balaban J connectivity index is 1.92. The first-order valence-electron chi connectivity index (χ1n) is 6.74. The lowest BCUT2D eigenvalue weighted by Crippen LogP contribution is -2.13. The number of anilines is 1. The van der Waals surface area contributed by atoms with E-state index < -0.39 is 0 Å². The van der Waals surface area contributed by atoms with Crippen LogP contribution in [0.2, 0.25) is 0 Å². The highest BCUT2D eigenvalue weighted by Crippen LogP contribution is 2.23. The van der Waals surface area contributed by atoms with E-state index in [2.05, 4.69) is 32.9 Å². The molecule has 3 rings (SSSR count). The molecular weight excluding hydrogens is 264 g/mol. The van der Waals surface area contributed by atoms with Crippen molar-refractivity contribution in [2.75, 3.05) is 5.32 Å². The summed E-state index contributed by atoms with van der Waals surface area (Å²) in [6, 6.07) is 9.38. The number of carbonyl (C=O) groups is 1. The van der Waals surface area contributed by atoms with E-state index in [0.29, 0.717) is 11.1 Å². The number of nitrogens with one attached hydrogen (secondary N) is 2. The molecule has 0 unspecified atom stereocenters. The average Bonchev–Trinajstić information content (AvgIpc) is 2.89. The van der Waals surface area contributed by atoms with Crippen LogP contribution in [0, 0.1) is 20.8 Å².